The molecule has 5 rings (SSSR count). The maximum atomic E-state index is 13.5. The van der Waals surface area contributed by atoms with Gasteiger partial charge < -0.3 is 10.6 Å². The average Bonchev–Trinajstić information content (AvgIpc) is 3.32. The van der Waals surface area contributed by atoms with Crippen LogP contribution in [-0.4, -0.2) is 26.5 Å². The van der Waals surface area contributed by atoms with Crippen molar-refractivity contribution in [2.45, 2.75) is 19.4 Å². The predicted octanol–water partition coefficient (Wildman–Crippen LogP) is 5.12. The van der Waals surface area contributed by atoms with E-state index >= 15 is 0 Å². The van der Waals surface area contributed by atoms with Gasteiger partial charge in [-0.3, -0.25) is 9.97 Å². The second-order valence-electron chi connectivity index (χ2n) is 7.41. The molecule has 0 bridgehead atoms. The monoisotopic (exact) mass is 430 g/mol. The smallest absolute Gasteiger partial charge is 0.264 e. The van der Waals surface area contributed by atoms with Crippen molar-refractivity contribution < 1.29 is 8.78 Å². The molecule has 0 saturated heterocycles. The number of halogens is 2. The highest BCUT2D eigenvalue weighted by Gasteiger charge is 2.22. The van der Waals surface area contributed by atoms with E-state index in [1.165, 1.54) is 6.07 Å². The molecule has 2 N–H and O–H groups in total. The predicted molar refractivity (Wildman–Crippen MR) is 119 cm³/mol. The van der Waals surface area contributed by atoms with Crippen LogP contribution < -0.4 is 10.6 Å². The van der Waals surface area contributed by atoms with Gasteiger partial charge in [-0.05, 0) is 30.2 Å². The minimum atomic E-state index is -2.60. The third-order valence-corrected chi connectivity index (χ3v) is 5.32. The maximum Gasteiger partial charge on any atom is 0.264 e. The Morgan fingerprint density at radius 2 is 1.78 bits per heavy atom. The fraction of sp³-hybridized carbons (Fsp3) is 0.167. The first-order valence-corrected chi connectivity index (χ1v) is 10.3. The Balaban J connectivity index is 1.41. The van der Waals surface area contributed by atoms with E-state index in [-0.39, 0.29) is 11.4 Å². The summed E-state index contributed by atoms with van der Waals surface area (Å²) in [5.74, 6) is 1.61. The number of nitrogens with zero attached hydrogens (tertiary/aromatic N) is 4. The van der Waals surface area contributed by atoms with Crippen molar-refractivity contribution >= 4 is 11.6 Å². The molecule has 4 heterocycles. The van der Waals surface area contributed by atoms with Crippen LogP contribution in [0, 0.1) is 0 Å². The molecule has 0 unspecified atom stereocenters. The fourth-order valence-electron chi connectivity index (χ4n) is 3.71. The Hall–Kier alpha value is -3.94. The summed E-state index contributed by atoms with van der Waals surface area (Å²) in [5.41, 5.74) is 3.80. The number of pyridine rings is 2. The van der Waals surface area contributed by atoms with Crippen molar-refractivity contribution in [3.8, 4) is 22.8 Å². The van der Waals surface area contributed by atoms with Crippen molar-refractivity contribution in [1.29, 1.82) is 0 Å². The van der Waals surface area contributed by atoms with Crippen LogP contribution in [0.1, 0.15) is 23.1 Å². The fourth-order valence-corrected chi connectivity index (χ4v) is 3.71. The van der Waals surface area contributed by atoms with Gasteiger partial charge in [0.25, 0.3) is 6.43 Å². The molecule has 6 nitrogen and oxygen atoms in total. The SMILES string of the molecule is FC(F)c1ccccc1-c1nc2c(c(NCc3ccc(-c4ccccn4)nc3)n1)CCN2. The summed E-state index contributed by atoms with van der Waals surface area (Å²) < 4.78 is 27.0. The average molecular weight is 430 g/mol. The van der Waals surface area contributed by atoms with E-state index in [2.05, 4.69) is 30.6 Å². The molecule has 3 aromatic heterocycles. The van der Waals surface area contributed by atoms with Gasteiger partial charge in [-0.1, -0.05) is 36.4 Å². The third kappa shape index (κ3) is 3.99. The van der Waals surface area contributed by atoms with Gasteiger partial charge in [0, 0.05) is 42.2 Å². The highest BCUT2D eigenvalue weighted by molar-refractivity contribution is 5.69. The van der Waals surface area contributed by atoms with E-state index in [0.29, 0.717) is 23.7 Å². The lowest BCUT2D eigenvalue weighted by molar-refractivity contribution is 0.152. The molecule has 0 fully saturated rings. The van der Waals surface area contributed by atoms with Crippen LogP contribution in [0.25, 0.3) is 22.8 Å². The molecule has 0 atom stereocenters. The molecule has 4 aromatic rings. The lowest BCUT2D eigenvalue weighted by Gasteiger charge is -2.14. The third-order valence-electron chi connectivity index (χ3n) is 5.32. The van der Waals surface area contributed by atoms with Crippen molar-refractivity contribution in [1.82, 2.24) is 19.9 Å². The van der Waals surface area contributed by atoms with Crippen LogP contribution in [-0.2, 0) is 13.0 Å². The molecule has 1 aliphatic rings. The highest BCUT2D eigenvalue weighted by atomic mass is 19.3. The van der Waals surface area contributed by atoms with Gasteiger partial charge >= 0.3 is 0 Å². The zero-order valence-corrected chi connectivity index (χ0v) is 17.1. The summed E-state index contributed by atoms with van der Waals surface area (Å²) in [6.45, 7) is 1.23. The lowest BCUT2D eigenvalue weighted by atomic mass is 10.1. The minimum Gasteiger partial charge on any atom is -0.369 e. The Morgan fingerprint density at radius 3 is 2.56 bits per heavy atom. The second kappa shape index (κ2) is 8.66. The van der Waals surface area contributed by atoms with Crippen molar-refractivity contribution in [2.24, 2.45) is 0 Å². The lowest BCUT2D eigenvalue weighted by Crippen LogP contribution is -2.07. The van der Waals surface area contributed by atoms with Gasteiger partial charge in [0.15, 0.2) is 5.82 Å². The second-order valence-corrected chi connectivity index (χ2v) is 7.41. The quantitative estimate of drug-likeness (QED) is 0.442. The molecular weight excluding hydrogens is 410 g/mol. The summed E-state index contributed by atoms with van der Waals surface area (Å²) >= 11 is 0. The van der Waals surface area contributed by atoms with Gasteiger partial charge in [0.1, 0.15) is 11.6 Å². The number of anilines is 2. The van der Waals surface area contributed by atoms with Gasteiger partial charge in [0.2, 0.25) is 0 Å². The van der Waals surface area contributed by atoms with Crippen molar-refractivity contribution in [2.75, 3.05) is 17.2 Å². The normalized spacial score (nSPS) is 12.5. The summed E-state index contributed by atoms with van der Waals surface area (Å²) in [6, 6.07) is 16.0. The Kier molecular flexibility index (Phi) is 5.41. The van der Waals surface area contributed by atoms with Crippen LogP contribution in [0.5, 0.6) is 0 Å². The van der Waals surface area contributed by atoms with E-state index in [1.807, 2.05) is 30.3 Å². The standard InChI is InChI=1S/C24H20F2N6/c25-21(26)16-5-1-2-6-17(16)24-31-22-18(10-12-28-22)23(32-24)30-14-15-8-9-20(29-13-15)19-7-3-4-11-27-19/h1-9,11,13,21H,10,12,14H2,(H2,28,30,31,32). The number of rotatable bonds is 6. The molecule has 0 amide bonds. The number of aromatic nitrogens is 4. The molecule has 0 saturated carbocycles. The molecule has 160 valence electrons. The Bertz CT molecular complexity index is 1230. The zero-order valence-electron chi connectivity index (χ0n) is 17.1. The van der Waals surface area contributed by atoms with E-state index in [9.17, 15) is 8.78 Å². The van der Waals surface area contributed by atoms with E-state index in [0.717, 1.165) is 35.5 Å². The zero-order chi connectivity index (χ0) is 21.9. The molecule has 8 heteroatoms. The summed E-state index contributed by atoms with van der Waals surface area (Å²) in [5, 5.41) is 6.57. The molecule has 1 aromatic carbocycles. The molecule has 32 heavy (non-hydrogen) atoms. The summed E-state index contributed by atoms with van der Waals surface area (Å²) in [6.07, 6.45) is 1.70. The highest BCUT2D eigenvalue weighted by Crippen LogP contribution is 2.34. The first kappa shape index (κ1) is 20.0. The van der Waals surface area contributed by atoms with E-state index < -0.39 is 6.43 Å². The summed E-state index contributed by atoms with van der Waals surface area (Å²) in [4.78, 5) is 17.9. The van der Waals surface area contributed by atoms with Crippen LogP contribution in [0.2, 0.25) is 0 Å². The number of benzene rings is 1. The van der Waals surface area contributed by atoms with Gasteiger partial charge in [-0.15, -0.1) is 0 Å². The number of alkyl halides is 2. The van der Waals surface area contributed by atoms with Crippen LogP contribution >= 0.6 is 0 Å². The first-order valence-electron chi connectivity index (χ1n) is 10.3. The Morgan fingerprint density at radius 1 is 0.938 bits per heavy atom. The molecule has 0 spiro atoms. The number of fused-ring (bicyclic) bond motifs is 1. The van der Waals surface area contributed by atoms with Crippen LogP contribution in [0.15, 0.2) is 67.0 Å². The molecule has 0 radical (unpaired) electrons. The number of hydrogen-bond donors (Lipinski definition) is 2. The minimum absolute atomic E-state index is 0.0780. The largest absolute Gasteiger partial charge is 0.369 e. The van der Waals surface area contributed by atoms with E-state index in [4.69, 9.17) is 0 Å². The van der Waals surface area contributed by atoms with Crippen LogP contribution in [0.3, 0.4) is 0 Å². The van der Waals surface area contributed by atoms with Gasteiger partial charge in [-0.2, -0.15) is 0 Å². The van der Waals surface area contributed by atoms with Crippen molar-refractivity contribution in [3.05, 3.63) is 83.7 Å². The topological polar surface area (TPSA) is 75.6 Å². The van der Waals surface area contributed by atoms with Gasteiger partial charge in [0.05, 0.1) is 11.4 Å². The molecule has 1 aliphatic heterocycles. The van der Waals surface area contributed by atoms with E-state index in [1.54, 1.807) is 30.6 Å². The van der Waals surface area contributed by atoms with Crippen LogP contribution in [0.4, 0.5) is 20.4 Å². The Labute approximate surface area is 183 Å². The number of nitrogens with one attached hydrogen (secondary N) is 2. The summed E-state index contributed by atoms with van der Waals surface area (Å²) in [7, 11) is 0. The maximum absolute atomic E-state index is 13.5. The molecular formula is C24H20F2N6. The molecule has 0 aliphatic carbocycles. The number of hydrogen-bond acceptors (Lipinski definition) is 6. The van der Waals surface area contributed by atoms with Gasteiger partial charge in [-0.25, -0.2) is 18.7 Å². The first-order chi connectivity index (χ1) is 15.7. The van der Waals surface area contributed by atoms with Crippen molar-refractivity contribution in [3.63, 3.8) is 0 Å².